The first-order valence-corrected chi connectivity index (χ1v) is 9.25. The average molecular weight is 383 g/mol. The van der Waals surface area contributed by atoms with E-state index in [-0.39, 0.29) is 12.7 Å². The van der Waals surface area contributed by atoms with E-state index in [2.05, 4.69) is 15.6 Å². The Labute approximate surface area is 159 Å². The molecule has 0 radical (unpaired) electrons. The van der Waals surface area contributed by atoms with E-state index in [4.69, 9.17) is 14.2 Å². The van der Waals surface area contributed by atoms with Gasteiger partial charge >= 0.3 is 0 Å². The van der Waals surface area contributed by atoms with Crippen LogP contribution in [0.3, 0.4) is 0 Å². The molecule has 3 aromatic rings. The van der Waals surface area contributed by atoms with Crippen molar-refractivity contribution in [1.82, 2.24) is 4.98 Å². The second-order valence-electron chi connectivity index (χ2n) is 5.64. The van der Waals surface area contributed by atoms with E-state index in [0.717, 1.165) is 17.2 Å². The number of carbonyl (C=O) groups is 1. The number of aromatic nitrogens is 1. The van der Waals surface area contributed by atoms with Gasteiger partial charge in [0.25, 0.3) is 5.91 Å². The fraction of sp³-hybridized carbons (Fsp3) is 0.158. The minimum Gasteiger partial charge on any atom is -0.494 e. The Morgan fingerprint density at radius 1 is 1.15 bits per heavy atom. The monoisotopic (exact) mass is 383 g/mol. The van der Waals surface area contributed by atoms with Crippen LogP contribution in [-0.4, -0.2) is 24.3 Å². The Balaban J connectivity index is 1.40. The molecule has 0 saturated carbocycles. The van der Waals surface area contributed by atoms with Gasteiger partial charge in [0.05, 0.1) is 6.61 Å². The summed E-state index contributed by atoms with van der Waals surface area (Å²) in [6.07, 6.45) is 0. The summed E-state index contributed by atoms with van der Waals surface area (Å²) in [5, 5.41) is 8.32. The summed E-state index contributed by atoms with van der Waals surface area (Å²) < 4.78 is 16.0. The van der Waals surface area contributed by atoms with Crippen molar-refractivity contribution < 1.29 is 19.0 Å². The molecule has 0 saturated heterocycles. The van der Waals surface area contributed by atoms with Gasteiger partial charge in [-0.3, -0.25) is 4.79 Å². The van der Waals surface area contributed by atoms with Crippen molar-refractivity contribution in [2.75, 3.05) is 24.0 Å². The number of carbonyl (C=O) groups excluding carboxylic acids is 1. The van der Waals surface area contributed by atoms with Crippen LogP contribution in [0.2, 0.25) is 0 Å². The van der Waals surface area contributed by atoms with Crippen molar-refractivity contribution in [3.05, 3.63) is 53.5 Å². The Morgan fingerprint density at radius 3 is 2.74 bits per heavy atom. The highest BCUT2D eigenvalue weighted by molar-refractivity contribution is 7.14. The lowest BCUT2D eigenvalue weighted by Crippen LogP contribution is -2.12. The third-order valence-corrected chi connectivity index (χ3v) is 4.54. The topological polar surface area (TPSA) is 81.7 Å². The molecule has 2 heterocycles. The molecule has 2 N–H and O–H groups in total. The van der Waals surface area contributed by atoms with Crippen LogP contribution in [0.25, 0.3) is 0 Å². The maximum Gasteiger partial charge on any atom is 0.275 e. The van der Waals surface area contributed by atoms with Gasteiger partial charge in [0.2, 0.25) is 6.79 Å². The molecule has 1 amide bonds. The molecule has 8 heteroatoms. The van der Waals surface area contributed by atoms with Crippen molar-refractivity contribution in [1.29, 1.82) is 0 Å². The number of nitrogens with zero attached hydrogens (tertiary/aromatic N) is 1. The molecule has 1 aromatic heterocycles. The second-order valence-corrected chi connectivity index (χ2v) is 6.50. The first kappa shape index (κ1) is 17.2. The molecule has 0 fully saturated rings. The zero-order chi connectivity index (χ0) is 18.6. The maximum absolute atomic E-state index is 12.4. The van der Waals surface area contributed by atoms with E-state index >= 15 is 0 Å². The van der Waals surface area contributed by atoms with Crippen molar-refractivity contribution in [2.45, 2.75) is 6.92 Å². The fourth-order valence-electron chi connectivity index (χ4n) is 2.53. The molecule has 0 spiro atoms. The number of amides is 1. The highest BCUT2D eigenvalue weighted by Gasteiger charge is 2.15. The lowest BCUT2D eigenvalue weighted by atomic mass is 10.3. The predicted molar refractivity (Wildman–Crippen MR) is 104 cm³/mol. The Kier molecular flexibility index (Phi) is 4.80. The summed E-state index contributed by atoms with van der Waals surface area (Å²) >= 11 is 1.35. The zero-order valence-electron chi connectivity index (χ0n) is 14.5. The molecule has 138 valence electrons. The Bertz CT molecular complexity index is 956. The number of benzene rings is 2. The summed E-state index contributed by atoms with van der Waals surface area (Å²) in [6.45, 7) is 2.75. The van der Waals surface area contributed by atoms with Gasteiger partial charge in [-0.1, -0.05) is 0 Å². The first-order chi connectivity index (χ1) is 13.2. The minimum atomic E-state index is -0.269. The zero-order valence-corrected chi connectivity index (χ0v) is 15.3. The van der Waals surface area contributed by atoms with Gasteiger partial charge < -0.3 is 24.8 Å². The van der Waals surface area contributed by atoms with Gasteiger partial charge in [0.15, 0.2) is 16.6 Å². The number of hydrogen-bond acceptors (Lipinski definition) is 7. The van der Waals surface area contributed by atoms with E-state index in [0.29, 0.717) is 28.9 Å². The molecule has 0 unspecified atom stereocenters. The molecule has 0 aliphatic carbocycles. The van der Waals surface area contributed by atoms with Crippen LogP contribution in [-0.2, 0) is 0 Å². The van der Waals surface area contributed by atoms with Crippen LogP contribution >= 0.6 is 11.3 Å². The molecule has 0 atom stereocenters. The van der Waals surface area contributed by atoms with Crippen LogP contribution in [0.4, 0.5) is 16.5 Å². The number of ether oxygens (including phenoxy) is 3. The third-order valence-electron chi connectivity index (χ3n) is 3.78. The van der Waals surface area contributed by atoms with Crippen LogP contribution < -0.4 is 24.8 Å². The van der Waals surface area contributed by atoms with E-state index in [9.17, 15) is 4.79 Å². The predicted octanol–water partition coefficient (Wildman–Crippen LogP) is 4.27. The van der Waals surface area contributed by atoms with Crippen molar-refractivity contribution >= 4 is 33.8 Å². The van der Waals surface area contributed by atoms with Gasteiger partial charge in [0, 0.05) is 22.8 Å². The number of nitrogens with one attached hydrogen (secondary N) is 2. The van der Waals surface area contributed by atoms with E-state index in [1.807, 2.05) is 37.3 Å². The normalized spacial score (nSPS) is 11.9. The number of fused-ring (bicyclic) bond motifs is 1. The summed E-state index contributed by atoms with van der Waals surface area (Å²) in [4.78, 5) is 16.7. The van der Waals surface area contributed by atoms with E-state index in [1.165, 1.54) is 11.3 Å². The average Bonchev–Trinajstić information content (AvgIpc) is 3.32. The molecule has 4 rings (SSSR count). The van der Waals surface area contributed by atoms with E-state index < -0.39 is 0 Å². The third kappa shape index (κ3) is 3.95. The van der Waals surface area contributed by atoms with Crippen molar-refractivity contribution in [3.8, 4) is 17.2 Å². The molecule has 0 bridgehead atoms. The SMILES string of the molecule is CCOc1ccc(NC(=O)c2csc(Nc3ccc4c(c3)OCO4)n2)cc1. The molecule has 27 heavy (non-hydrogen) atoms. The number of thiazole rings is 1. The van der Waals surface area contributed by atoms with Crippen LogP contribution in [0.15, 0.2) is 47.8 Å². The highest BCUT2D eigenvalue weighted by atomic mass is 32.1. The lowest BCUT2D eigenvalue weighted by molar-refractivity contribution is 0.102. The second kappa shape index (κ2) is 7.55. The number of rotatable bonds is 6. The van der Waals surface area contributed by atoms with Crippen LogP contribution in [0.5, 0.6) is 17.2 Å². The summed E-state index contributed by atoms with van der Waals surface area (Å²) in [6, 6.07) is 12.7. The molecular weight excluding hydrogens is 366 g/mol. The Morgan fingerprint density at radius 2 is 1.93 bits per heavy atom. The minimum absolute atomic E-state index is 0.228. The van der Waals surface area contributed by atoms with Crippen molar-refractivity contribution in [3.63, 3.8) is 0 Å². The Hall–Kier alpha value is -3.26. The quantitative estimate of drug-likeness (QED) is 0.662. The van der Waals surface area contributed by atoms with Gasteiger partial charge in [-0.25, -0.2) is 4.98 Å². The van der Waals surface area contributed by atoms with Crippen molar-refractivity contribution in [2.24, 2.45) is 0 Å². The summed E-state index contributed by atoms with van der Waals surface area (Å²) in [7, 11) is 0. The van der Waals surface area contributed by atoms with Gasteiger partial charge in [-0.15, -0.1) is 11.3 Å². The van der Waals surface area contributed by atoms with Gasteiger partial charge in [-0.05, 0) is 43.3 Å². The lowest BCUT2D eigenvalue weighted by Gasteiger charge is -2.06. The summed E-state index contributed by atoms with van der Waals surface area (Å²) in [5.74, 6) is 1.90. The highest BCUT2D eigenvalue weighted by Crippen LogP contribution is 2.35. The summed E-state index contributed by atoms with van der Waals surface area (Å²) in [5.41, 5.74) is 1.84. The number of hydrogen-bond donors (Lipinski definition) is 2. The van der Waals surface area contributed by atoms with Gasteiger partial charge in [0.1, 0.15) is 11.4 Å². The van der Waals surface area contributed by atoms with Gasteiger partial charge in [-0.2, -0.15) is 0 Å². The first-order valence-electron chi connectivity index (χ1n) is 8.37. The fourth-order valence-corrected chi connectivity index (χ4v) is 3.24. The molecule has 1 aliphatic rings. The molecule has 7 nitrogen and oxygen atoms in total. The standard InChI is InChI=1S/C19H17N3O4S/c1-2-24-14-6-3-12(4-7-14)20-18(23)15-10-27-19(22-15)21-13-5-8-16-17(9-13)26-11-25-16/h3-10H,2,11H2,1H3,(H,20,23)(H,21,22). The molecular formula is C19H17N3O4S. The van der Waals surface area contributed by atoms with Crippen LogP contribution in [0, 0.1) is 0 Å². The smallest absolute Gasteiger partial charge is 0.275 e. The van der Waals surface area contributed by atoms with Crippen LogP contribution in [0.1, 0.15) is 17.4 Å². The largest absolute Gasteiger partial charge is 0.494 e. The maximum atomic E-state index is 12.4. The molecule has 1 aliphatic heterocycles. The van der Waals surface area contributed by atoms with E-state index in [1.54, 1.807) is 17.5 Å². The molecule has 2 aromatic carbocycles. The number of anilines is 3.